The minimum atomic E-state index is -1.03. The topological polar surface area (TPSA) is 87.7 Å². The van der Waals surface area contributed by atoms with Crippen molar-refractivity contribution in [3.8, 4) is 0 Å². The van der Waals surface area contributed by atoms with E-state index in [0.29, 0.717) is 12.2 Å². The quantitative estimate of drug-likeness (QED) is 0.711. The van der Waals surface area contributed by atoms with Crippen LogP contribution in [0.4, 0.5) is 5.69 Å². The van der Waals surface area contributed by atoms with Crippen molar-refractivity contribution in [3.63, 3.8) is 0 Å². The van der Waals surface area contributed by atoms with Crippen molar-refractivity contribution in [2.24, 2.45) is 0 Å². The molecule has 0 aromatic heterocycles. The number of ether oxygens (including phenoxy) is 1. The molecular formula is C16H22N2O4. The first-order valence-corrected chi connectivity index (χ1v) is 7.49. The zero-order chi connectivity index (χ0) is 15.9. The number of carboxylic acids is 1. The number of hydrogen-bond donors (Lipinski definition) is 3. The second-order valence-corrected chi connectivity index (χ2v) is 5.56. The molecule has 1 aliphatic rings. The minimum Gasteiger partial charge on any atom is -0.480 e. The van der Waals surface area contributed by atoms with Crippen LogP contribution in [0.1, 0.15) is 24.8 Å². The van der Waals surface area contributed by atoms with E-state index in [1.165, 1.54) is 0 Å². The average Bonchev–Trinajstić information content (AvgIpc) is 2.96. The molecule has 6 nitrogen and oxygen atoms in total. The van der Waals surface area contributed by atoms with Gasteiger partial charge in [-0.3, -0.25) is 9.59 Å². The molecule has 0 radical (unpaired) electrons. The first kappa shape index (κ1) is 16.5. The van der Waals surface area contributed by atoms with Crippen LogP contribution >= 0.6 is 0 Å². The van der Waals surface area contributed by atoms with Gasteiger partial charge in [-0.05, 0) is 37.5 Å². The maximum absolute atomic E-state index is 12.0. The van der Waals surface area contributed by atoms with Crippen LogP contribution in [0.25, 0.3) is 0 Å². The third kappa shape index (κ3) is 5.13. The van der Waals surface area contributed by atoms with Gasteiger partial charge in [-0.25, -0.2) is 0 Å². The van der Waals surface area contributed by atoms with Crippen molar-refractivity contribution >= 4 is 17.6 Å². The molecule has 1 aromatic carbocycles. The van der Waals surface area contributed by atoms with E-state index >= 15 is 0 Å². The number of aryl methyl sites for hydroxylation is 1. The molecule has 2 atom stereocenters. The summed E-state index contributed by atoms with van der Waals surface area (Å²) in [5.41, 5.74) is 1.71. The SMILES string of the molecule is Cc1cccc(NC(=O)C[C@H](NCC2CCCO2)C(=O)O)c1. The monoisotopic (exact) mass is 306 g/mol. The Kier molecular flexibility index (Phi) is 5.91. The highest BCUT2D eigenvalue weighted by Crippen LogP contribution is 2.12. The zero-order valence-corrected chi connectivity index (χ0v) is 12.7. The lowest BCUT2D eigenvalue weighted by molar-refractivity contribution is -0.141. The fraction of sp³-hybridized carbons (Fsp3) is 0.500. The first-order valence-electron chi connectivity index (χ1n) is 7.49. The van der Waals surface area contributed by atoms with E-state index in [-0.39, 0.29) is 18.4 Å². The molecule has 1 aromatic rings. The number of amides is 1. The van der Waals surface area contributed by atoms with Gasteiger partial charge >= 0.3 is 5.97 Å². The highest BCUT2D eigenvalue weighted by molar-refractivity contribution is 5.94. The van der Waals surface area contributed by atoms with Crippen LogP contribution in [0.2, 0.25) is 0 Å². The van der Waals surface area contributed by atoms with Gasteiger partial charge in [0.15, 0.2) is 0 Å². The summed E-state index contributed by atoms with van der Waals surface area (Å²) in [7, 11) is 0. The lowest BCUT2D eigenvalue weighted by atomic mass is 10.1. The van der Waals surface area contributed by atoms with Gasteiger partial charge in [-0.1, -0.05) is 12.1 Å². The second kappa shape index (κ2) is 7.91. The van der Waals surface area contributed by atoms with E-state index in [4.69, 9.17) is 4.74 Å². The second-order valence-electron chi connectivity index (χ2n) is 5.56. The molecule has 120 valence electrons. The molecule has 22 heavy (non-hydrogen) atoms. The Labute approximate surface area is 129 Å². The Bertz CT molecular complexity index is 527. The van der Waals surface area contributed by atoms with E-state index in [1.54, 1.807) is 6.07 Å². The summed E-state index contributed by atoms with van der Waals surface area (Å²) >= 11 is 0. The average molecular weight is 306 g/mol. The molecule has 2 rings (SSSR count). The number of hydrogen-bond acceptors (Lipinski definition) is 4. The van der Waals surface area contributed by atoms with Crippen molar-refractivity contribution in [2.75, 3.05) is 18.5 Å². The minimum absolute atomic E-state index is 0.0432. The van der Waals surface area contributed by atoms with Gasteiger partial charge in [0.05, 0.1) is 12.5 Å². The molecule has 3 N–H and O–H groups in total. The number of aliphatic carboxylic acids is 1. The predicted octanol–water partition coefficient (Wildman–Crippen LogP) is 1.55. The summed E-state index contributed by atoms with van der Waals surface area (Å²) in [6.07, 6.45) is 1.85. The fourth-order valence-electron chi connectivity index (χ4n) is 2.45. The Hall–Kier alpha value is -1.92. The van der Waals surface area contributed by atoms with Crippen molar-refractivity contribution < 1.29 is 19.4 Å². The number of carbonyl (C=O) groups excluding carboxylic acids is 1. The highest BCUT2D eigenvalue weighted by atomic mass is 16.5. The molecule has 1 saturated heterocycles. The van der Waals surface area contributed by atoms with Crippen LogP contribution in [-0.4, -0.2) is 42.3 Å². The normalized spacial score (nSPS) is 18.9. The number of nitrogens with one attached hydrogen (secondary N) is 2. The smallest absolute Gasteiger partial charge is 0.321 e. The van der Waals surface area contributed by atoms with E-state index in [1.807, 2.05) is 25.1 Å². The number of benzene rings is 1. The summed E-state index contributed by atoms with van der Waals surface area (Å²) in [6.45, 7) is 3.10. The maximum atomic E-state index is 12.0. The Morgan fingerprint density at radius 2 is 2.27 bits per heavy atom. The standard InChI is InChI=1S/C16H22N2O4/c1-11-4-2-5-12(8-11)18-15(19)9-14(16(20)21)17-10-13-6-3-7-22-13/h2,4-5,8,13-14,17H,3,6-7,9-10H2,1H3,(H,18,19)(H,20,21)/t13?,14-/m0/s1. The van der Waals surface area contributed by atoms with Gasteiger partial charge in [0.2, 0.25) is 5.91 Å². The van der Waals surface area contributed by atoms with Crippen LogP contribution in [0, 0.1) is 6.92 Å². The number of rotatable bonds is 7. The summed E-state index contributed by atoms with van der Waals surface area (Å²) in [5, 5.41) is 14.8. The van der Waals surface area contributed by atoms with Gasteiger partial charge in [-0.15, -0.1) is 0 Å². The van der Waals surface area contributed by atoms with Crippen molar-refractivity contribution in [1.29, 1.82) is 0 Å². The largest absolute Gasteiger partial charge is 0.480 e. The molecule has 0 saturated carbocycles. The zero-order valence-electron chi connectivity index (χ0n) is 12.7. The van der Waals surface area contributed by atoms with Crippen LogP contribution in [0.15, 0.2) is 24.3 Å². The Balaban J connectivity index is 1.84. The Morgan fingerprint density at radius 3 is 2.91 bits per heavy atom. The van der Waals surface area contributed by atoms with Gasteiger partial charge in [0.1, 0.15) is 6.04 Å². The van der Waals surface area contributed by atoms with E-state index in [0.717, 1.165) is 25.0 Å². The van der Waals surface area contributed by atoms with E-state index < -0.39 is 12.0 Å². The number of carbonyl (C=O) groups is 2. The first-order chi connectivity index (χ1) is 10.5. The Morgan fingerprint density at radius 1 is 1.45 bits per heavy atom. The summed E-state index contributed by atoms with van der Waals surface area (Å²) < 4.78 is 5.44. The molecular weight excluding hydrogens is 284 g/mol. The highest BCUT2D eigenvalue weighted by Gasteiger charge is 2.23. The van der Waals surface area contributed by atoms with Gasteiger partial charge in [0.25, 0.3) is 0 Å². The van der Waals surface area contributed by atoms with Crippen LogP contribution in [0.3, 0.4) is 0 Å². The van der Waals surface area contributed by atoms with E-state index in [9.17, 15) is 14.7 Å². The van der Waals surface area contributed by atoms with Crippen molar-refractivity contribution in [1.82, 2.24) is 5.32 Å². The molecule has 0 aliphatic carbocycles. The van der Waals surface area contributed by atoms with Crippen molar-refractivity contribution in [3.05, 3.63) is 29.8 Å². The maximum Gasteiger partial charge on any atom is 0.321 e. The molecule has 1 amide bonds. The van der Waals surface area contributed by atoms with Crippen LogP contribution in [0.5, 0.6) is 0 Å². The summed E-state index contributed by atoms with van der Waals surface area (Å²) in [5.74, 6) is -1.35. The van der Waals surface area contributed by atoms with E-state index in [2.05, 4.69) is 10.6 Å². The lowest BCUT2D eigenvalue weighted by Crippen LogP contribution is -2.43. The molecule has 1 aliphatic heterocycles. The molecule has 1 heterocycles. The van der Waals surface area contributed by atoms with Crippen LogP contribution in [-0.2, 0) is 14.3 Å². The van der Waals surface area contributed by atoms with Crippen LogP contribution < -0.4 is 10.6 Å². The number of anilines is 1. The predicted molar refractivity (Wildman–Crippen MR) is 82.8 cm³/mol. The molecule has 0 bridgehead atoms. The molecule has 1 unspecified atom stereocenters. The van der Waals surface area contributed by atoms with Crippen molar-refractivity contribution in [2.45, 2.75) is 38.3 Å². The van der Waals surface area contributed by atoms with Gasteiger partial charge in [-0.2, -0.15) is 0 Å². The third-order valence-electron chi connectivity index (χ3n) is 3.61. The molecule has 6 heteroatoms. The lowest BCUT2D eigenvalue weighted by Gasteiger charge is -2.17. The summed E-state index contributed by atoms with van der Waals surface area (Å²) in [6, 6.07) is 6.48. The molecule has 0 spiro atoms. The third-order valence-corrected chi connectivity index (χ3v) is 3.61. The summed E-state index contributed by atoms with van der Waals surface area (Å²) in [4.78, 5) is 23.3. The fourth-order valence-corrected chi connectivity index (χ4v) is 2.45. The molecule has 1 fully saturated rings. The van der Waals surface area contributed by atoms with Gasteiger partial charge < -0.3 is 20.5 Å². The van der Waals surface area contributed by atoms with Gasteiger partial charge in [0, 0.05) is 18.8 Å². The number of carboxylic acid groups (broad SMARTS) is 1.